The standard InChI is InChI=1S/C21H25F3N10/c22-13-10-33(11-1-2-11)7-6-15(13)29-21-30-19(25)18-12(5-8-34(18)32-21)14-3-4-16(31-26)20(28-14)27-9-17(23)24/h3-5,8,11,13,15,17,26H,1-2,6-7,9-10H2,(H,27,28)(H3,25,29,30,32)/t13-,15+/m1/s1. The number of halogens is 3. The van der Waals surface area contributed by atoms with Crippen molar-refractivity contribution >= 4 is 28.8 Å². The van der Waals surface area contributed by atoms with Gasteiger partial charge < -0.3 is 16.4 Å². The molecule has 1 aliphatic carbocycles. The highest BCUT2D eigenvalue weighted by Gasteiger charge is 2.37. The summed E-state index contributed by atoms with van der Waals surface area (Å²) in [7, 11) is 0. The van der Waals surface area contributed by atoms with E-state index in [0.717, 1.165) is 19.4 Å². The van der Waals surface area contributed by atoms with E-state index in [2.05, 4.69) is 35.7 Å². The fraction of sp³-hybridized carbons (Fsp3) is 0.476. The summed E-state index contributed by atoms with van der Waals surface area (Å²) in [6.45, 7) is 0.620. The number of nitrogens with zero attached hydrogens (tertiary/aromatic N) is 6. The van der Waals surface area contributed by atoms with Crippen LogP contribution in [0.15, 0.2) is 29.5 Å². The van der Waals surface area contributed by atoms with Crippen LogP contribution in [-0.2, 0) is 0 Å². The Kier molecular flexibility index (Phi) is 5.94. The number of anilines is 3. The lowest BCUT2D eigenvalue weighted by Crippen LogP contribution is -2.48. The topological polar surface area (TPSA) is 133 Å². The highest BCUT2D eigenvalue weighted by molar-refractivity contribution is 5.87. The molecule has 2 fully saturated rings. The molecule has 3 aromatic rings. The number of nitrogen functional groups attached to an aromatic ring is 1. The molecule has 2 atom stereocenters. The smallest absolute Gasteiger partial charge is 0.255 e. The van der Waals surface area contributed by atoms with Crippen LogP contribution >= 0.6 is 0 Å². The van der Waals surface area contributed by atoms with Gasteiger partial charge in [0, 0.05) is 30.9 Å². The Morgan fingerprint density at radius 3 is 2.74 bits per heavy atom. The van der Waals surface area contributed by atoms with Crippen molar-refractivity contribution in [2.75, 3.05) is 36.0 Å². The van der Waals surface area contributed by atoms with Crippen molar-refractivity contribution in [1.82, 2.24) is 24.5 Å². The summed E-state index contributed by atoms with van der Waals surface area (Å²) in [4.78, 5) is 10.9. The number of fused-ring (bicyclic) bond motifs is 1. The predicted octanol–water partition coefficient (Wildman–Crippen LogP) is 3.70. The maximum atomic E-state index is 14.7. The minimum atomic E-state index is -2.58. The van der Waals surface area contributed by atoms with Gasteiger partial charge in [-0.15, -0.1) is 5.10 Å². The average Bonchev–Trinajstić information content (AvgIpc) is 3.58. The van der Waals surface area contributed by atoms with Gasteiger partial charge in [0.25, 0.3) is 6.43 Å². The van der Waals surface area contributed by atoms with Gasteiger partial charge in [0.1, 0.15) is 17.4 Å². The van der Waals surface area contributed by atoms with Gasteiger partial charge in [-0.05, 0) is 37.5 Å². The summed E-state index contributed by atoms with van der Waals surface area (Å²) < 4.78 is 41.6. The molecule has 0 unspecified atom stereocenters. The first-order valence-corrected chi connectivity index (χ1v) is 11.1. The number of piperidine rings is 1. The Morgan fingerprint density at radius 2 is 2.03 bits per heavy atom. The minimum Gasteiger partial charge on any atom is -0.382 e. The second-order valence-electron chi connectivity index (χ2n) is 8.57. The zero-order valence-corrected chi connectivity index (χ0v) is 18.3. The Labute approximate surface area is 193 Å². The second-order valence-corrected chi connectivity index (χ2v) is 8.57. The first-order chi connectivity index (χ1) is 16.4. The van der Waals surface area contributed by atoms with Gasteiger partial charge in [0.05, 0.1) is 18.3 Å². The quantitative estimate of drug-likeness (QED) is 0.366. The molecule has 2 aliphatic rings. The molecule has 5 N–H and O–H groups in total. The molecule has 1 aliphatic heterocycles. The minimum absolute atomic E-state index is 0.0662. The van der Waals surface area contributed by atoms with E-state index in [1.807, 2.05) is 0 Å². The first kappa shape index (κ1) is 22.3. The predicted molar refractivity (Wildman–Crippen MR) is 121 cm³/mol. The van der Waals surface area contributed by atoms with E-state index in [1.54, 1.807) is 18.3 Å². The van der Waals surface area contributed by atoms with E-state index < -0.39 is 25.2 Å². The van der Waals surface area contributed by atoms with Crippen molar-refractivity contribution < 1.29 is 13.2 Å². The number of rotatable bonds is 8. The fourth-order valence-corrected chi connectivity index (χ4v) is 4.34. The molecular formula is C21H25F3N10. The van der Waals surface area contributed by atoms with Crippen LogP contribution in [0.1, 0.15) is 19.3 Å². The lowest BCUT2D eigenvalue weighted by Gasteiger charge is -2.35. The summed E-state index contributed by atoms with van der Waals surface area (Å²) in [6.07, 6.45) is 1.01. The Morgan fingerprint density at radius 1 is 1.21 bits per heavy atom. The number of pyridine rings is 1. The van der Waals surface area contributed by atoms with E-state index in [4.69, 9.17) is 11.3 Å². The molecule has 0 amide bonds. The van der Waals surface area contributed by atoms with Crippen LogP contribution in [0.25, 0.3) is 16.8 Å². The number of hydrogen-bond acceptors (Lipinski definition) is 9. The number of likely N-dealkylation sites (tertiary alicyclic amines) is 1. The normalized spacial score (nSPS) is 21.2. The van der Waals surface area contributed by atoms with E-state index in [-0.39, 0.29) is 23.3 Å². The lowest BCUT2D eigenvalue weighted by molar-refractivity contribution is 0.120. The lowest BCUT2D eigenvalue weighted by atomic mass is 10.0. The third kappa shape index (κ3) is 4.47. The molecule has 13 heteroatoms. The van der Waals surface area contributed by atoms with Crippen molar-refractivity contribution in [2.24, 2.45) is 5.11 Å². The van der Waals surface area contributed by atoms with Crippen LogP contribution in [-0.4, -0.2) is 68.8 Å². The van der Waals surface area contributed by atoms with Gasteiger partial charge in [-0.1, -0.05) is 0 Å². The van der Waals surface area contributed by atoms with E-state index >= 15 is 0 Å². The molecule has 4 heterocycles. The molecule has 0 aromatic carbocycles. The highest BCUT2D eigenvalue weighted by atomic mass is 19.3. The van der Waals surface area contributed by atoms with Gasteiger partial charge in [0.2, 0.25) is 5.95 Å². The third-order valence-electron chi connectivity index (χ3n) is 6.18. The SMILES string of the molecule is N=Nc1ccc(-c2ccn3nc(N[C@H]4CCN(C5CC5)C[C@H]4F)nc(N)c23)nc1NCC(F)F. The molecule has 34 heavy (non-hydrogen) atoms. The van der Waals surface area contributed by atoms with Crippen molar-refractivity contribution in [3.05, 3.63) is 24.4 Å². The average molecular weight is 474 g/mol. The monoisotopic (exact) mass is 474 g/mol. The summed E-state index contributed by atoms with van der Waals surface area (Å²) in [5.41, 5.74) is 15.1. The molecule has 180 valence electrons. The Bertz CT molecular complexity index is 1200. The summed E-state index contributed by atoms with van der Waals surface area (Å²) in [5.74, 6) is 0.466. The van der Waals surface area contributed by atoms with Gasteiger partial charge in [-0.25, -0.2) is 28.2 Å². The van der Waals surface area contributed by atoms with Crippen LogP contribution in [0.4, 0.5) is 36.4 Å². The summed E-state index contributed by atoms with van der Waals surface area (Å²) >= 11 is 0. The van der Waals surface area contributed by atoms with E-state index in [0.29, 0.717) is 35.8 Å². The molecule has 3 aromatic heterocycles. The van der Waals surface area contributed by atoms with Crippen LogP contribution in [0, 0.1) is 5.53 Å². The number of aromatic nitrogens is 4. The van der Waals surface area contributed by atoms with Gasteiger partial charge in [-0.2, -0.15) is 10.1 Å². The summed E-state index contributed by atoms with van der Waals surface area (Å²) in [6, 6.07) is 4.99. The van der Waals surface area contributed by atoms with Crippen LogP contribution in [0.5, 0.6) is 0 Å². The maximum absolute atomic E-state index is 14.7. The number of hydrogen-bond donors (Lipinski definition) is 4. The molecule has 0 radical (unpaired) electrons. The highest BCUT2D eigenvalue weighted by Crippen LogP contribution is 2.33. The van der Waals surface area contributed by atoms with Gasteiger partial charge in [-0.3, -0.25) is 4.90 Å². The van der Waals surface area contributed by atoms with E-state index in [1.165, 1.54) is 10.6 Å². The molecule has 0 spiro atoms. The zero-order valence-electron chi connectivity index (χ0n) is 18.3. The van der Waals surface area contributed by atoms with Crippen molar-refractivity contribution in [2.45, 2.75) is 43.9 Å². The Balaban J connectivity index is 1.38. The number of nitrogens with one attached hydrogen (secondary N) is 3. The van der Waals surface area contributed by atoms with Crippen molar-refractivity contribution in [3.8, 4) is 11.3 Å². The van der Waals surface area contributed by atoms with Gasteiger partial charge in [0.15, 0.2) is 11.6 Å². The van der Waals surface area contributed by atoms with Crippen molar-refractivity contribution in [3.63, 3.8) is 0 Å². The largest absolute Gasteiger partial charge is 0.382 e. The van der Waals surface area contributed by atoms with Crippen LogP contribution < -0.4 is 16.4 Å². The molecule has 1 saturated heterocycles. The van der Waals surface area contributed by atoms with E-state index in [9.17, 15) is 13.2 Å². The molecule has 10 nitrogen and oxygen atoms in total. The molecule has 5 rings (SSSR count). The fourth-order valence-electron chi connectivity index (χ4n) is 4.34. The number of nitrogens with two attached hydrogens (primary N) is 1. The Hall–Kier alpha value is -3.48. The van der Waals surface area contributed by atoms with Crippen molar-refractivity contribution in [1.29, 1.82) is 5.53 Å². The third-order valence-corrected chi connectivity index (χ3v) is 6.18. The molecule has 1 saturated carbocycles. The van der Waals surface area contributed by atoms with Gasteiger partial charge >= 0.3 is 0 Å². The molecule has 0 bridgehead atoms. The second kappa shape index (κ2) is 9.05. The van der Waals surface area contributed by atoms with Crippen LogP contribution in [0.3, 0.4) is 0 Å². The first-order valence-electron chi connectivity index (χ1n) is 11.1. The zero-order chi connectivity index (χ0) is 23.8. The maximum Gasteiger partial charge on any atom is 0.255 e. The molecular weight excluding hydrogens is 449 g/mol. The number of alkyl halides is 3. The van der Waals surface area contributed by atoms with Crippen LogP contribution in [0.2, 0.25) is 0 Å². The summed E-state index contributed by atoms with van der Waals surface area (Å²) in [5, 5.41) is 13.4.